The first-order chi connectivity index (χ1) is 14.5. The highest BCUT2D eigenvalue weighted by atomic mass is 16.2. The minimum Gasteiger partial charge on any atom is -0.366 e. The molecule has 0 spiro atoms. The van der Waals surface area contributed by atoms with Crippen molar-refractivity contribution in [2.75, 3.05) is 5.32 Å². The van der Waals surface area contributed by atoms with Gasteiger partial charge in [0.25, 0.3) is 11.5 Å². The number of anilines is 1. The Morgan fingerprint density at radius 1 is 0.867 bits per heavy atom. The fraction of sp³-hybridized carbons (Fsp3) is 0.0435. The molecule has 4 rings (SSSR count). The summed E-state index contributed by atoms with van der Waals surface area (Å²) in [4.78, 5) is 37.1. The summed E-state index contributed by atoms with van der Waals surface area (Å²) in [5, 5.41) is 8.00. The van der Waals surface area contributed by atoms with Crippen LogP contribution in [0.25, 0.3) is 10.8 Å². The second-order valence-corrected chi connectivity index (χ2v) is 6.74. The summed E-state index contributed by atoms with van der Waals surface area (Å²) < 4.78 is 1.29. The highest BCUT2D eigenvalue weighted by molar-refractivity contribution is 6.11. The van der Waals surface area contributed by atoms with Crippen LogP contribution in [-0.4, -0.2) is 21.6 Å². The quantitative estimate of drug-likeness (QED) is 0.539. The van der Waals surface area contributed by atoms with Crippen molar-refractivity contribution in [3.63, 3.8) is 0 Å². The Labute approximate surface area is 171 Å². The summed E-state index contributed by atoms with van der Waals surface area (Å²) in [6.07, 6.45) is 0. The molecular formula is C23H18N4O3. The molecule has 148 valence electrons. The Balaban J connectivity index is 1.73. The predicted octanol–water partition coefficient (Wildman–Crippen LogP) is 2.80. The summed E-state index contributed by atoms with van der Waals surface area (Å²) in [6, 6.07) is 22.5. The van der Waals surface area contributed by atoms with E-state index >= 15 is 0 Å². The van der Waals surface area contributed by atoms with Crippen LogP contribution in [0, 0.1) is 0 Å². The van der Waals surface area contributed by atoms with Crippen LogP contribution in [-0.2, 0) is 6.54 Å². The molecule has 4 aromatic rings. The smallest absolute Gasteiger partial charge is 0.276 e. The van der Waals surface area contributed by atoms with Crippen molar-refractivity contribution in [1.29, 1.82) is 0 Å². The third kappa shape index (κ3) is 3.81. The second kappa shape index (κ2) is 8.00. The van der Waals surface area contributed by atoms with Crippen LogP contribution in [0.15, 0.2) is 83.7 Å². The summed E-state index contributed by atoms with van der Waals surface area (Å²) in [7, 11) is 0. The van der Waals surface area contributed by atoms with Gasteiger partial charge in [-0.05, 0) is 35.9 Å². The molecule has 30 heavy (non-hydrogen) atoms. The van der Waals surface area contributed by atoms with Gasteiger partial charge in [-0.1, -0.05) is 48.5 Å². The minimum atomic E-state index is -0.548. The van der Waals surface area contributed by atoms with Gasteiger partial charge in [-0.15, -0.1) is 0 Å². The van der Waals surface area contributed by atoms with E-state index in [2.05, 4.69) is 10.4 Å². The molecule has 1 aromatic heterocycles. The van der Waals surface area contributed by atoms with Gasteiger partial charge in [-0.2, -0.15) is 5.10 Å². The molecule has 3 N–H and O–H groups in total. The van der Waals surface area contributed by atoms with E-state index in [0.717, 1.165) is 5.56 Å². The van der Waals surface area contributed by atoms with Gasteiger partial charge < -0.3 is 11.1 Å². The Morgan fingerprint density at radius 2 is 1.50 bits per heavy atom. The van der Waals surface area contributed by atoms with Gasteiger partial charge in [0.15, 0.2) is 5.69 Å². The van der Waals surface area contributed by atoms with Crippen LogP contribution in [0.2, 0.25) is 0 Å². The highest BCUT2D eigenvalue weighted by Crippen LogP contribution is 2.16. The summed E-state index contributed by atoms with van der Waals surface area (Å²) >= 11 is 0. The van der Waals surface area contributed by atoms with E-state index in [9.17, 15) is 14.4 Å². The van der Waals surface area contributed by atoms with Crippen molar-refractivity contribution in [3.05, 3.63) is 106 Å². The first kappa shape index (κ1) is 19.1. The van der Waals surface area contributed by atoms with Gasteiger partial charge in [-0.25, -0.2) is 4.68 Å². The first-order valence-corrected chi connectivity index (χ1v) is 9.28. The van der Waals surface area contributed by atoms with E-state index in [0.29, 0.717) is 22.0 Å². The fourth-order valence-electron chi connectivity index (χ4n) is 3.17. The number of hydrogen-bond donors (Lipinski definition) is 2. The minimum absolute atomic E-state index is 0.139. The Bertz CT molecular complexity index is 1300. The maximum Gasteiger partial charge on any atom is 0.276 e. The number of hydrogen-bond acceptors (Lipinski definition) is 4. The molecule has 0 aliphatic rings. The highest BCUT2D eigenvalue weighted by Gasteiger charge is 2.17. The summed E-state index contributed by atoms with van der Waals surface area (Å²) in [5.74, 6) is -1.01. The number of amides is 2. The largest absolute Gasteiger partial charge is 0.366 e. The van der Waals surface area contributed by atoms with E-state index < -0.39 is 11.8 Å². The molecule has 7 heteroatoms. The number of fused-ring (bicyclic) bond motifs is 1. The SMILES string of the molecule is NC(=O)c1ccc(NC(=O)c2nn(Cc3ccccc3)c(=O)c3ccccc23)cc1. The third-order valence-corrected chi connectivity index (χ3v) is 4.69. The van der Waals surface area contributed by atoms with Crippen molar-refractivity contribution < 1.29 is 9.59 Å². The molecule has 2 amide bonds. The van der Waals surface area contributed by atoms with Crippen LogP contribution in [0.5, 0.6) is 0 Å². The molecule has 3 aromatic carbocycles. The van der Waals surface area contributed by atoms with Gasteiger partial charge in [0.2, 0.25) is 5.91 Å². The van der Waals surface area contributed by atoms with E-state index in [1.165, 1.54) is 16.8 Å². The van der Waals surface area contributed by atoms with Crippen molar-refractivity contribution in [2.45, 2.75) is 6.54 Å². The summed E-state index contributed by atoms with van der Waals surface area (Å²) in [5.41, 5.74) is 6.84. The van der Waals surface area contributed by atoms with Crippen molar-refractivity contribution in [3.8, 4) is 0 Å². The number of nitrogens with two attached hydrogens (primary N) is 1. The number of benzene rings is 3. The predicted molar refractivity (Wildman–Crippen MR) is 114 cm³/mol. The normalized spacial score (nSPS) is 10.7. The van der Waals surface area contributed by atoms with Gasteiger partial charge >= 0.3 is 0 Å². The number of primary amides is 1. The molecule has 0 saturated heterocycles. The monoisotopic (exact) mass is 398 g/mol. The Hall–Kier alpha value is -4.26. The standard InChI is InChI=1S/C23H18N4O3/c24-21(28)16-10-12-17(13-11-16)25-22(29)20-18-8-4-5-9-19(18)23(30)27(26-20)14-15-6-2-1-3-7-15/h1-13H,14H2,(H2,24,28)(H,25,29). The maximum atomic E-state index is 13.0. The first-order valence-electron chi connectivity index (χ1n) is 9.28. The molecule has 0 aliphatic heterocycles. The molecule has 0 unspecified atom stereocenters. The van der Waals surface area contributed by atoms with Crippen molar-refractivity contribution in [1.82, 2.24) is 9.78 Å². The van der Waals surface area contributed by atoms with Crippen molar-refractivity contribution >= 4 is 28.3 Å². The zero-order chi connectivity index (χ0) is 21.1. The lowest BCUT2D eigenvalue weighted by molar-refractivity contribution is 0.0997. The molecule has 0 fully saturated rings. The van der Waals surface area contributed by atoms with Gasteiger partial charge in [0, 0.05) is 16.6 Å². The second-order valence-electron chi connectivity index (χ2n) is 6.74. The van der Waals surface area contributed by atoms with Crippen LogP contribution >= 0.6 is 0 Å². The number of aromatic nitrogens is 2. The molecule has 1 heterocycles. The Kier molecular flexibility index (Phi) is 5.09. The molecule has 0 aliphatic carbocycles. The zero-order valence-electron chi connectivity index (χ0n) is 15.9. The molecule has 0 saturated carbocycles. The van der Waals surface area contributed by atoms with E-state index in [-0.39, 0.29) is 17.8 Å². The van der Waals surface area contributed by atoms with E-state index in [1.54, 1.807) is 36.4 Å². The van der Waals surface area contributed by atoms with Crippen molar-refractivity contribution in [2.24, 2.45) is 5.73 Å². The molecule has 0 radical (unpaired) electrons. The average Bonchev–Trinajstić information content (AvgIpc) is 2.77. The average molecular weight is 398 g/mol. The number of rotatable bonds is 5. The molecular weight excluding hydrogens is 380 g/mol. The van der Waals surface area contributed by atoms with E-state index in [1.807, 2.05) is 30.3 Å². The van der Waals surface area contributed by atoms with Crippen LogP contribution < -0.4 is 16.6 Å². The summed E-state index contributed by atoms with van der Waals surface area (Å²) in [6.45, 7) is 0.248. The number of carbonyl (C=O) groups excluding carboxylic acids is 2. The lowest BCUT2D eigenvalue weighted by Crippen LogP contribution is -2.28. The van der Waals surface area contributed by atoms with E-state index in [4.69, 9.17) is 5.73 Å². The Morgan fingerprint density at radius 3 is 2.17 bits per heavy atom. The lowest BCUT2D eigenvalue weighted by atomic mass is 10.1. The van der Waals surface area contributed by atoms with Gasteiger partial charge in [0.1, 0.15) is 0 Å². The molecule has 7 nitrogen and oxygen atoms in total. The van der Waals surface area contributed by atoms with Gasteiger partial charge in [0.05, 0.1) is 11.9 Å². The number of nitrogens with zero attached hydrogens (tertiary/aromatic N) is 2. The zero-order valence-corrected chi connectivity index (χ0v) is 15.9. The fourth-order valence-corrected chi connectivity index (χ4v) is 3.17. The van der Waals surface area contributed by atoms with Crippen LogP contribution in [0.4, 0.5) is 5.69 Å². The third-order valence-electron chi connectivity index (χ3n) is 4.69. The maximum absolute atomic E-state index is 13.0. The van der Waals surface area contributed by atoms with Gasteiger partial charge in [-0.3, -0.25) is 14.4 Å². The molecule has 0 atom stereocenters. The molecule has 0 bridgehead atoms. The lowest BCUT2D eigenvalue weighted by Gasteiger charge is -2.12. The van der Waals surface area contributed by atoms with Crippen LogP contribution in [0.1, 0.15) is 26.4 Å². The van der Waals surface area contributed by atoms with Crippen LogP contribution in [0.3, 0.4) is 0 Å². The topological polar surface area (TPSA) is 107 Å². The number of nitrogens with one attached hydrogen (secondary N) is 1. The number of carbonyl (C=O) groups is 2.